The first-order valence-corrected chi connectivity index (χ1v) is 6.95. The Balaban J connectivity index is 2.18. The van der Waals surface area contributed by atoms with Gasteiger partial charge in [-0.3, -0.25) is 4.79 Å². The summed E-state index contributed by atoms with van der Waals surface area (Å²) in [5, 5.41) is 3.52. The van der Waals surface area contributed by atoms with E-state index in [1.807, 2.05) is 0 Å². The molecule has 0 radical (unpaired) electrons. The highest BCUT2D eigenvalue weighted by atomic mass is 16.1. The van der Waals surface area contributed by atoms with Crippen molar-refractivity contribution in [3.05, 3.63) is 0 Å². The number of primary amides is 1. The lowest BCUT2D eigenvalue weighted by Gasteiger charge is -2.49. The zero-order chi connectivity index (χ0) is 12.6. The number of nitrogens with one attached hydrogen (secondary N) is 1. The Morgan fingerprint density at radius 2 is 1.88 bits per heavy atom. The van der Waals surface area contributed by atoms with E-state index in [9.17, 15) is 4.79 Å². The third-order valence-electron chi connectivity index (χ3n) is 4.59. The zero-order valence-corrected chi connectivity index (χ0v) is 11.3. The van der Waals surface area contributed by atoms with Crippen LogP contribution in [-0.4, -0.2) is 18.0 Å². The summed E-state index contributed by atoms with van der Waals surface area (Å²) in [5.74, 6) is 1.26. The van der Waals surface area contributed by atoms with Crippen molar-refractivity contribution >= 4 is 5.91 Å². The quantitative estimate of drug-likeness (QED) is 0.734. The number of carbonyl (C=O) groups excluding carboxylic acids is 1. The van der Waals surface area contributed by atoms with Gasteiger partial charge in [-0.05, 0) is 30.1 Å². The predicted octanol–water partition coefficient (Wildman–Crippen LogP) is 2.05. The van der Waals surface area contributed by atoms with Crippen LogP contribution in [0.3, 0.4) is 0 Å². The van der Waals surface area contributed by atoms with Crippen LogP contribution in [0.1, 0.15) is 52.9 Å². The average molecular weight is 238 g/mol. The summed E-state index contributed by atoms with van der Waals surface area (Å²) in [4.78, 5) is 11.5. The molecule has 1 saturated heterocycles. The van der Waals surface area contributed by atoms with Gasteiger partial charge in [0.1, 0.15) is 0 Å². The Bertz CT molecular complexity index is 295. The van der Waals surface area contributed by atoms with Crippen molar-refractivity contribution in [2.24, 2.45) is 23.0 Å². The van der Waals surface area contributed by atoms with Gasteiger partial charge in [0.05, 0.1) is 6.04 Å². The molecule has 0 spiro atoms. The Labute approximate surface area is 105 Å². The number of fused-ring (bicyclic) bond motifs is 1. The molecule has 3 N–H and O–H groups in total. The molecule has 1 aliphatic heterocycles. The molecule has 3 unspecified atom stereocenters. The molecule has 3 nitrogen and oxygen atoms in total. The monoisotopic (exact) mass is 238 g/mol. The summed E-state index contributed by atoms with van der Waals surface area (Å²) in [7, 11) is 0. The van der Waals surface area contributed by atoms with E-state index >= 15 is 0 Å². The summed E-state index contributed by atoms with van der Waals surface area (Å²) in [6.07, 6.45) is 6.21. The molecule has 1 amide bonds. The van der Waals surface area contributed by atoms with Gasteiger partial charge in [-0.25, -0.2) is 0 Å². The van der Waals surface area contributed by atoms with Crippen molar-refractivity contribution in [2.75, 3.05) is 0 Å². The van der Waals surface area contributed by atoms with Gasteiger partial charge in [0.15, 0.2) is 0 Å². The second kappa shape index (κ2) is 4.60. The van der Waals surface area contributed by atoms with Gasteiger partial charge in [0.25, 0.3) is 0 Å². The SMILES string of the molecule is CC(C)(C)[C@H]1NC(C(N)=O)CC2CCCCC21. The highest BCUT2D eigenvalue weighted by Gasteiger charge is 2.44. The molecule has 1 saturated carbocycles. The standard InChI is InChI=1S/C14H26N2O/c1-14(2,3)12-10-7-5-4-6-9(10)8-11(16-12)13(15)17/h9-12,16H,4-8H2,1-3H3,(H2,15,17)/t9?,10?,11?,12-/m0/s1. The van der Waals surface area contributed by atoms with Crippen LogP contribution >= 0.6 is 0 Å². The van der Waals surface area contributed by atoms with Gasteiger partial charge in [-0.1, -0.05) is 40.0 Å². The summed E-state index contributed by atoms with van der Waals surface area (Å²) < 4.78 is 0. The number of amides is 1. The van der Waals surface area contributed by atoms with Crippen molar-refractivity contribution in [1.82, 2.24) is 5.32 Å². The highest BCUT2D eigenvalue weighted by molar-refractivity contribution is 5.80. The second-order valence-electron chi connectivity index (χ2n) is 6.91. The van der Waals surface area contributed by atoms with Crippen molar-refractivity contribution < 1.29 is 4.79 Å². The van der Waals surface area contributed by atoms with Gasteiger partial charge in [0.2, 0.25) is 5.91 Å². The maximum atomic E-state index is 11.5. The Kier molecular flexibility index (Phi) is 3.48. The van der Waals surface area contributed by atoms with Crippen molar-refractivity contribution in [2.45, 2.75) is 65.0 Å². The fourth-order valence-corrected chi connectivity index (χ4v) is 3.77. The Morgan fingerprint density at radius 3 is 2.47 bits per heavy atom. The first-order chi connectivity index (χ1) is 7.89. The third-order valence-corrected chi connectivity index (χ3v) is 4.59. The maximum absolute atomic E-state index is 11.5. The number of carbonyl (C=O) groups is 1. The van der Waals surface area contributed by atoms with E-state index in [1.165, 1.54) is 25.7 Å². The molecule has 17 heavy (non-hydrogen) atoms. The zero-order valence-electron chi connectivity index (χ0n) is 11.3. The lowest BCUT2D eigenvalue weighted by atomic mass is 9.64. The van der Waals surface area contributed by atoms with Crippen LogP contribution in [0, 0.1) is 17.3 Å². The fraction of sp³-hybridized carbons (Fsp3) is 0.929. The summed E-state index contributed by atoms with van der Waals surface area (Å²) in [6.45, 7) is 6.79. The smallest absolute Gasteiger partial charge is 0.234 e. The molecule has 0 aromatic rings. The van der Waals surface area contributed by atoms with Gasteiger partial charge >= 0.3 is 0 Å². The minimum absolute atomic E-state index is 0.112. The van der Waals surface area contributed by atoms with Crippen molar-refractivity contribution in [1.29, 1.82) is 0 Å². The van der Waals surface area contributed by atoms with Crippen LogP contribution in [0.15, 0.2) is 0 Å². The van der Waals surface area contributed by atoms with E-state index in [0.717, 1.165) is 12.3 Å². The molecule has 3 heteroatoms. The first kappa shape index (κ1) is 12.9. The van der Waals surface area contributed by atoms with E-state index in [1.54, 1.807) is 0 Å². The van der Waals surface area contributed by atoms with E-state index in [0.29, 0.717) is 12.0 Å². The number of piperidine rings is 1. The van der Waals surface area contributed by atoms with Gasteiger partial charge in [-0.15, -0.1) is 0 Å². The van der Waals surface area contributed by atoms with Crippen LogP contribution < -0.4 is 11.1 Å². The summed E-state index contributed by atoms with van der Waals surface area (Å²) in [5.41, 5.74) is 5.70. The molecule has 2 fully saturated rings. The normalized spacial score (nSPS) is 38.5. The summed E-state index contributed by atoms with van der Waals surface area (Å²) in [6, 6.07) is 0.317. The van der Waals surface area contributed by atoms with Crippen LogP contribution in [0.4, 0.5) is 0 Å². The van der Waals surface area contributed by atoms with Crippen molar-refractivity contribution in [3.63, 3.8) is 0 Å². The van der Waals surface area contributed by atoms with Crippen LogP contribution in [0.25, 0.3) is 0 Å². The lowest BCUT2D eigenvalue weighted by Crippen LogP contribution is -2.60. The molecule has 0 aromatic carbocycles. The molecule has 0 aromatic heterocycles. The largest absolute Gasteiger partial charge is 0.368 e. The van der Waals surface area contributed by atoms with Gasteiger partial charge in [-0.2, -0.15) is 0 Å². The maximum Gasteiger partial charge on any atom is 0.234 e. The van der Waals surface area contributed by atoms with Crippen LogP contribution in [0.2, 0.25) is 0 Å². The molecule has 1 aliphatic carbocycles. The number of hydrogen-bond acceptors (Lipinski definition) is 2. The molecule has 4 atom stereocenters. The topological polar surface area (TPSA) is 55.1 Å². The second-order valence-corrected chi connectivity index (χ2v) is 6.91. The van der Waals surface area contributed by atoms with Crippen molar-refractivity contribution in [3.8, 4) is 0 Å². The highest BCUT2D eigenvalue weighted by Crippen LogP contribution is 2.43. The van der Waals surface area contributed by atoms with E-state index in [2.05, 4.69) is 26.1 Å². The van der Waals surface area contributed by atoms with E-state index in [-0.39, 0.29) is 17.4 Å². The van der Waals surface area contributed by atoms with E-state index < -0.39 is 0 Å². The first-order valence-electron chi connectivity index (χ1n) is 6.95. The van der Waals surface area contributed by atoms with Gasteiger partial charge in [0, 0.05) is 6.04 Å². The Morgan fingerprint density at radius 1 is 1.24 bits per heavy atom. The average Bonchev–Trinajstić information content (AvgIpc) is 2.26. The molecule has 2 aliphatic rings. The Hall–Kier alpha value is -0.570. The fourth-order valence-electron chi connectivity index (χ4n) is 3.77. The molecule has 0 bridgehead atoms. The number of rotatable bonds is 1. The minimum Gasteiger partial charge on any atom is -0.368 e. The minimum atomic E-state index is -0.178. The molecular formula is C14H26N2O. The van der Waals surface area contributed by atoms with Crippen LogP contribution in [-0.2, 0) is 4.79 Å². The molecule has 2 rings (SSSR count). The molecule has 98 valence electrons. The number of nitrogens with two attached hydrogens (primary N) is 1. The van der Waals surface area contributed by atoms with Crippen LogP contribution in [0.5, 0.6) is 0 Å². The van der Waals surface area contributed by atoms with Gasteiger partial charge < -0.3 is 11.1 Å². The lowest BCUT2D eigenvalue weighted by molar-refractivity contribution is -0.122. The summed E-state index contributed by atoms with van der Waals surface area (Å²) >= 11 is 0. The number of hydrogen-bond donors (Lipinski definition) is 2. The van der Waals surface area contributed by atoms with E-state index in [4.69, 9.17) is 5.73 Å². The molecule has 1 heterocycles. The molecular weight excluding hydrogens is 212 g/mol. The predicted molar refractivity (Wildman–Crippen MR) is 69.4 cm³/mol. The third kappa shape index (κ3) is 2.65.